The second-order valence-corrected chi connectivity index (χ2v) is 8.26. The van der Waals surface area contributed by atoms with E-state index < -0.39 is 17.7 Å². The Hall–Kier alpha value is -2.76. The maximum absolute atomic E-state index is 13.4. The summed E-state index contributed by atoms with van der Waals surface area (Å²) in [6.07, 6.45) is 1.51. The Balaban J connectivity index is 1.77. The molecular weight excluding hydrogens is 401 g/mol. The van der Waals surface area contributed by atoms with E-state index in [1.54, 1.807) is 6.07 Å². The van der Waals surface area contributed by atoms with Gasteiger partial charge in [0.2, 0.25) is 5.91 Å². The zero-order valence-electron chi connectivity index (χ0n) is 17.6. The molecule has 3 nitrogen and oxygen atoms in total. The van der Waals surface area contributed by atoms with E-state index in [4.69, 9.17) is 0 Å². The first-order valence-electron chi connectivity index (χ1n) is 10.9. The largest absolute Gasteiger partial charge is 0.416 e. The Labute approximate surface area is 180 Å². The van der Waals surface area contributed by atoms with Gasteiger partial charge in [0.1, 0.15) is 0 Å². The highest BCUT2D eigenvalue weighted by Gasteiger charge is 2.32. The highest BCUT2D eigenvalue weighted by molar-refractivity contribution is 5.88. The van der Waals surface area contributed by atoms with Crippen molar-refractivity contribution in [2.75, 3.05) is 13.1 Å². The van der Waals surface area contributed by atoms with Crippen LogP contribution in [-0.2, 0) is 17.4 Å². The fraction of sp³-hybridized carbons (Fsp3) is 0.400. The van der Waals surface area contributed by atoms with Crippen LogP contribution in [-0.4, -0.2) is 28.9 Å². The first-order valence-corrected chi connectivity index (χ1v) is 10.9. The van der Waals surface area contributed by atoms with E-state index in [-0.39, 0.29) is 12.3 Å². The molecule has 0 aliphatic carbocycles. The number of aromatic amines is 1. The number of H-pyrrole nitrogens is 1. The first-order chi connectivity index (χ1) is 14.9. The van der Waals surface area contributed by atoms with E-state index in [2.05, 4.69) is 11.9 Å². The number of aromatic nitrogens is 1. The number of hydrogen-bond donors (Lipinski definition) is 1. The molecule has 6 heteroatoms. The van der Waals surface area contributed by atoms with Gasteiger partial charge >= 0.3 is 6.18 Å². The van der Waals surface area contributed by atoms with Gasteiger partial charge in [0.05, 0.1) is 5.56 Å². The number of nitrogens with zero attached hydrogens (tertiary/aromatic N) is 1. The predicted octanol–water partition coefficient (Wildman–Crippen LogP) is 6.28. The molecule has 2 aromatic carbocycles. The summed E-state index contributed by atoms with van der Waals surface area (Å²) in [5, 5.41) is 0.966. The van der Waals surface area contributed by atoms with Crippen LogP contribution in [0.3, 0.4) is 0 Å². The number of rotatable bonds is 5. The number of carbonyl (C=O) groups excluding carboxylic acids is 1. The number of aryl methyl sites for hydroxylation is 1. The van der Waals surface area contributed by atoms with Gasteiger partial charge in [-0.15, -0.1) is 0 Å². The average molecular weight is 428 g/mol. The SMILES string of the molecule is CCc1cccc2c([C@@H](CC(=O)N3CCCCC3)c3cccc(C(F)(F)F)c3)c[nH]c12. The van der Waals surface area contributed by atoms with Crippen molar-refractivity contribution in [3.63, 3.8) is 0 Å². The minimum absolute atomic E-state index is 0.00288. The van der Waals surface area contributed by atoms with Crippen molar-refractivity contribution in [3.05, 3.63) is 70.9 Å². The van der Waals surface area contributed by atoms with E-state index in [1.165, 1.54) is 12.1 Å². The number of fused-ring (bicyclic) bond motifs is 1. The summed E-state index contributed by atoms with van der Waals surface area (Å²) in [6.45, 7) is 3.52. The fourth-order valence-corrected chi connectivity index (χ4v) is 4.61. The molecule has 3 aromatic rings. The van der Waals surface area contributed by atoms with Crippen LogP contribution in [0.15, 0.2) is 48.7 Å². The zero-order valence-corrected chi connectivity index (χ0v) is 17.6. The number of alkyl halides is 3. The average Bonchev–Trinajstić information content (AvgIpc) is 3.21. The van der Waals surface area contributed by atoms with Gasteiger partial charge < -0.3 is 9.88 Å². The van der Waals surface area contributed by atoms with E-state index in [0.29, 0.717) is 5.56 Å². The highest BCUT2D eigenvalue weighted by Crippen LogP contribution is 2.38. The summed E-state index contributed by atoms with van der Waals surface area (Å²) >= 11 is 0. The molecule has 1 fully saturated rings. The third-order valence-corrected chi connectivity index (χ3v) is 6.29. The minimum atomic E-state index is -4.42. The zero-order chi connectivity index (χ0) is 22.0. The normalized spacial score (nSPS) is 15.9. The molecule has 1 amide bonds. The Bertz CT molecular complexity index is 1060. The molecule has 31 heavy (non-hydrogen) atoms. The molecule has 1 aliphatic heterocycles. The number of carbonyl (C=O) groups is 1. The Kier molecular flexibility index (Phi) is 6.08. The van der Waals surface area contributed by atoms with Gasteiger partial charge in [0, 0.05) is 42.5 Å². The summed E-state index contributed by atoms with van der Waals surface area (Å²) < 4.78 is 40.2. The van der Waals surface area contributed by atoms with Crippen molar-refractivity contribution < 1.29 is 18.0 Å². The van der Waals surface area contributed by atoms with Crippen LogP contribution in [0.5, 0.6) is 0 Å². The smallest absolute Gasteiger partial charge is 0.361 e. The van der Waals surface area contributed by atoms with Gasteiger partial charge in [-0.1, -0.05) is 43.3 Å². The number of para-hydroxylation sites is 1. The number of piperidine rings is 1. The number of hydrogen-bond acceptors (Lipinski definition) is 1. The number of likely N-dealkylation sites (tertiary alicyclic amines) is 1. The van der Waals surface area contributed by atoms with Crippen LogP contribution in [0.4, 0.5) is 13.2 Å². The summed E-state index contributed by atoms with van der Waals surface area (Å²) in [7, 11) is 0. The standard InChI is InChI=1S/C25H27F3N2O/c1-2-17-8-7-11-20-22(16-29-24(17)20)21(15-23(31)30-12-4-3-5-13-30)18-9-6-10-19(14-18)25(26,27)28/h6-11,14,16,21,29H,2-5,12-13,15H2,1H3/t21-/m0/s1. The van der Waals surface area contributed by atoms with Crippen molar-refractivity contribution in [1.29, 1.82) is 0 Å². The molecule has 4 rings (SSSR count). The van der Waals surface area contributed by atoms with E-state index in [9.17, 15) is 18.0 Å². The van der Waals surface area contributed by atoms with Crippen LogP contribution in [0, 0.1) is 0 Å². The van der Waals surface area contributed by atoms with Crippen LogP contribution in [0.1, 0.15) is 60.8 Å². The summed E-state index contributed by atoms with van der Waals surface area (Å²) in [5.41, 5.74) is 2.84. The van der Waals surface area contributed by atoms with Crippen molar-refractivity contribution in [2.45, 2.75) is 51.1 Å². The van der Waals surface area contributed by atoms with Gasteiger partial charge in [-0.25, -0.2) is 0 Å². The second kappa shape index (κ2) is 8.77. The van der Waals surface area contributed by atoms with Gasteiger partial charge in [-0.3, -0.25) is 4.79 Å². The highest BCUT2D eigenvalue weighted by atomic mass is 19.4. The summed E-state index contributed by atoms with van der Waals surface area (Å²) in [6, 6.07) is 11.4. The number of nitrogens with one attached hydrogen (secondary N) is 1. The van der Waals surface area contributed by atoms with Crippen molar-refractivity contribution in [1.82, 2.24) is 9.88 Å². The molecule has 0 saturated carbocycles. The number of amides is 1. The molecule has 1 saturated heterocycles. The molecule has 0 radical (unpaired) electrons. The minimum Gasteiger partial charge on any atom is -0.361 e. The topological polar surface area (TPSA) is 36.1 Å². The lowest BCUT2D eigenvalue weighted by molar-refractivity contribution is -0.137. The van der Waals surface area contributed by atoms with Crippen molar-refractivity contribution >= 4 is 16.8 Å². The molecule has 164 valence electrons. The Morgan fingerprint density at radius 2 is 1.84 bits per heavy atom. The van der Waals surface area contributed by atoms with Crippen molar-refractivity contribution in [3.8, 4) is 0 Å². The quantitative estimate of drug-likeness (QED) is 0.510. The maximum Gasteiger partial charge on any atom is 0.416 e. The summed E-state index contributed by atoms with van der Waals surface area (Å²) in [4.78, 5) is 18.3. The predicted molar refractivity (Wildman–Crippen MR) is 116 cm³/mol. The Morgan fingerprint density at radius 1 is 1.10 bits per heavy atom. The first kappa shape index (κ1) is 21.5. The fourth-order valence-electron chi connectivity index (χ4n) is 4.61. The van der Waals surface area contributed by atoms with Crippen molar-refractivity contribution in [2.24, 2.45) is 0 Å². The van der Waals surface area contributed by atoms with Gasteiger partial charge in [-0.2, -0.15) is 13.2 Å². The van der Waals surface area contributed by atoms with Gasteiger partial charge in [0.15, 0.2) is 0 Å². The molecule has 1 aromatic heterocycles. The van der Waals surface area contributed by atoms with E-state index in [1.807, 2.05) is 29.3 Å². The van der Waals surface area contributed by atoms with Crippen LogP contribution >= 0.6 is 0 Å². The van der Waals surface area contributed by atoms with Crippen LogP contribution in [0.2, 0.25) is 0 Å². The third kappa shape index (κ3) is 4.48. The van der Waals surface area contributed by atoms with Crippen LogP contribution < -0.4 is 0 Å². The number of benzene rings is 2. The molecule has 0 bridgehead atoms. The second-order valence-electron chi connectivity index (χ2n) is 8.26. The molecule has 0 spiro atoms. The molecule has 1 aliphatic rings. The lowest BCUT2D eigenvalue weighted by Gasteiger charge is -2.29. The molecule has 1 atom stereocenters. The molecule has 2 heterocycles. The van der Waals surface area contributed by atoms with Crippen LogP contribution in [0.25, 0.3) is 10.9 Å². The lowest BCUT2D eigenvalue weighted by atomic mass is 9.86. The number of halogens is 3. The van der Waals surface area contributed by atoms with E-state index in [0.717, 1.165) is 66.9 Å². The lowest BCUT2D eigenvalue weighted by Crippen LogP contribution is -2.36. The molecule has 1 N–H and O–H groups in total. The summed E-state index contributed by atoms with van der Waals surface area (Å²) in [5.74, 6) is -0.444. The van der Waals surface area contributed by atoms with Gasteiger partial charge in [0.25, 0.3) is 0 Å². The Morgan fingerprint density at radius 3 is 2.55 bits per heavy atom. The molecule has 0 unspecified atom stereocenters. The monoisotopic (exact) mass is 428 g/mol. The maximum atomic E-state index is 13.4. The van der Waals surface area contributed by atoms with E-state index >= 15 is 0 Å². The third-order valence-electron chi connectivity index (χ3n) is 6.29. The van der Waals surface area contributed by atoms with Gasteiger partial charge in [-0.05, 0) is 48.4 Å². The molecular formula is C25H27F3N2O.